The van der Waals surface area contributed by atoms with E-state index in [1.165, 1.54) is 13.0 Å². The maximum Gasteiger partial charge on any atom is 0.338 e. The molecule has 0 fully saturated rings. The van der Waals surface area contributed by atoms with Crippen molar-refractivity contribution in [1.82, 2.24) is 0 Å². The SMILES string of the molecule is C=CC[C@@](C)(O)C(=O)OCCCC. The third-order valence-electron chi connectivity index (χ3n) is 1.71. The molecule has 0 aromatic carbocycles. The van der Waals surface area contributed by atoms with Crippen LogP contribution >= 0.6 is 0 Å². The molecule has 0 heterocycles. The van der Waals surface area contributed by atoms with Crippen molar-refractivity contribution < 1.29 is 14.6 Å². The predicted octanol–water partition coefficient (Wildman–Crippen LogP) is 1.66. The normalized spacial score (nSPS) is 14.7. The fourth-order valence-corrected chi connectivity index (χ4v) is 0.829. The average molecular weight is 186 g/mol. The third kappa shape index (κ3) is 4.68. The topological polar surface area (TPSA) is 46.5 Å². The maximum absolute atomic E-state index is 11.2. The summed E-state index contributed by atoms with van der Waals surface area (Å²) in [6.07, 6.45) is 3.52. The number of hydrogen-bond acceptors (Lipinski definition) is 3. The zero-order valence-electron chi connectivity index (χ0n) is 8.38. The van der Waals surface area contributed by atoms with Crippen molar-refractivity contribution in [3.8, 4) is 0 Å². The summed E-state index contributed by atoms with van der Waals surface area (Å²) in [7, 11) is 0. The summed E-state index contributed by atoms with van der Waals surface area (Å²) in [4.78, 5) is 11.2. The molecule has 0 aromatic heterocycles. The summed E-state index contributed by atoms with van der Waals surface area (Å²) in [5.41, 5.74) is -1.42. The first-order chi connectivity index (χ1) is 6.04. The molecule has 0 unspecified atom stereocenters. The molecule has 0 amide bonds. The first kappa shape index (κ1) is 12.2. The Bertz CT molecular complexity index is 173. The molecule has 0 saturated carbocycles. The van der Waals surface area contributed by atoms with Crippen LogP contribution in [-0.2, 0) is 9.53 Å². The zero-order valence-corrected chi connectivity index (χ0v) is 8.38. The van der Waals surface area contributed by atoms with Gasteiger partial charge in [0.05, 0.1) is 6.61 Å². The molecule has 0 spiro atoms. The minimum atomic E-state index is -1.42. The Morgan fingerprint density at radius 1 is 1.69 bits per heavy atom. The quantitative estimate of drug-likeness (QED) is 0.390. The van der Waals surface area contributed by atoms with E-state index in [-0.39, 0.29) is 6.42 Å². The van der Waals surface area contributed by atoms with E-state index in [2.05, 4.69) is 6.58 Å². The van der Waals surface area contributed by atoms with Gasteiger partial charge in [-0.3, -0.25) is 0 Å². The van der Waals surface area contributed by atoms with E-state index >= 15 is 0 Å². The first-order valence-corrected chi connectivity index (χ1v) is 4.55. The zero-order chi connectivity index (χ0) is 10.3. The van der Waals surface area contributed by atoms with Gasteiger partial charge in [0.1, 0.15) is 0 Å². The molecule has 0 rings (SSSR count). The van der Waals surface area contributed by atoms with Gasteiger partial charge in [-0.05, 0) is 13.3 Å². The molecule has 1 N–H and O–H groups in total. The number of carbonyl (C=O) groups excluding carboxylic acids is 1. The van der Waals surface area contributed by atoms with Crippen molar-refractivity contribution in [3.63, 3.8) is 0 Å². The van der Waals surface area contributed by atoms with Crippen molar-refractivity contribution >= 4 is 5.97 Å². The number of unbranched alkanes of at least 4 members (excludes halogenated alkanes) is 1. The van der Waals surface area contributed by atoms with E-state index in [0.717, 1.165) is 12.8 Å². The molecular weight excluding hydrogens is 168 g/mol. The van der Waals surface area contributed by atoms with Crippen molar-refractivity contribution in [2.75, 3.05) is 6.61 Å². The second-order valence-electron chi connectivity index (χ2n) is 3.26. The van der Waals surface area contributed by atoms with Crippen LogP contribution in [0, 0.1) is 0 Å². The van der Waals surface area contributed by atoms with Crippen LogP contribution < -0.4 is 0 Å². The van der Waals surface area contributed by atoms with Gasteiger partial charge in [0.2, 0.25) is 0 Å². The lowest BCUT2D eigenvalue weighted by Crippen LogP contribution is -2.36. The van der Waals surface area contributed by atoms with Crippen molar-refractivity contribution in [1.29, 1.82) is 0 Å². The highest BCUT2D eigenvalue weighted by Gasteiger charge is 2.30. The summed E-state index contributed by atoms with van der Waals surface area (Å²) < 4.78 is 4.86. The minimum absolute atomic E-state index is 0.220. The summed E-state index contributed by atoms with van der Waals surface area (Å²) in [5, 5.41) is 9.54. The van der Waals surface area contributed by atoms with Crippen LogP contribution in [0.15, 0.2) is 12.7 Å². The molecule has 0 aromatic rings. The Labute approximate surface area is 79.4 Å². The fraction of sp³-hybridized carbons (Fsp3) is 0.700. The molecule has 76 valence electrons. The molecule has 0 bridgehead atoms. The summed E-state index contributed by atoms with van der Waals surface area (Å²) >= 11 is 0. The Kier molecular flexibility index (Phi) is 5.39. The molecule has 3 nitrogen and oxygen atoms in total. The molecule has 0 aliphatic heterocycles. The minimum Gasteiger partial charge on any atom is -0.464 e. The molecule has 0 saturated heterocycles. The van der Waals surface area contributed by atoms with E-state index in [1.54, 1.807) is 0 Å². The van der Waals surface area contributed by atoms with Crippen LogP contribution in [0.1, 0.15) is 33.1 Å². The molecule has 3 heteroatoms. The van der Waals surface area contributed by atoms with Crippen LogP contribution in [0.5, 0.6) is 0 Å². The standard InChI is InChI=1S/C10H18O3/c1-4-6-8-13-9(11)10(3,12)7-5-2/h5,12H,2,4,6-8H2,1,3H3/t10-/m1/s1. The Balaban J connectivity index is 3.86. The van der Waals surface area contributed by atoms with E-state index in [1.807, 2.05) is 6.92 Å². The molecule has 0 aliphatic rings. The summed E-state index contributed by atoms with van der Waals surface area (Å²) in [5.74, 6) is -0.569. The van der Waals surface area contributed by atoms with Crippen LogP contribution in [0.2, 0.25) is 0 Å². The predicted molar refractivity (Wildman–Crippen MR) is 51.3 cm³/mol. The van der Waals surface area contributed by atoms with Crippen molar-refractivity contribution in [2.24, 2.45) is 0 Å². The van der Waals surface area contributed by atoms with Crippen LogP contribution in [-0.4, -0.2) is 23.3 Å². The van der Waals surface area contributed by atoms with Gasteiger partial charge in [0, 0.05) is 6.42 Å². The van der Waals surface area contributed by atoms with E-state index in [4.69, 9.17) is 4.74 Å². The monoisotopic (exact) mass is 186 g/mol. The highest BCUT2D eigenvalue weighted by atomic mass is 16.5. The van der Waals surface area contributed by atoms with Crippen molar-refractivity contribution in [2.45, 2.75) is 38.7 Å². The van der Waals surface area contributed by atoms with Crippen LogP contribution in [0.3, 0.4) is 0 Å². The van der Waals surface area contributed by atoms with Gasteiger partial charge in [0.25, 0.3) is 0 Å². The average Bonchev–Trinajstić information content (AvgIpc) is 2.04. The van der Waals surface area contributed by atoms with Gasteiger partial charge in [-0.15, -0.1) is 6.58 Å². The largest absolute Gasteiger partial charge is 0.464 e. The fourth-order valence-electron chi connectivity index (χ4n) is 0.829. The molecule has 0 radical (unpaired) electrons. The number of ether oxygens (including phenoxy) is 1. The highest BCUT2D eigenvalue weighted by molar-refractivity contribution is 5.78. The molecule has 1 atom stereocenters. The molecule has 0 aliphatic carbocycles. The third-order valence-corrected chi connectivity index (χ3v) is 1.71. The van der Waals surface area contributed by atoms with Crippen molar-refractivity contribution in [3.05, 3.63) is 12.7 Å². The Morgan fingerprint density at radius 3 is 2.77 bits per heavy atom. The lowest BCUT2D eigenvalue weighted by molar-refractivity contribution is -0.163. The number of hydrogen-bond donors (Lipinski definition) is 1. The van der Waals surface area contributed by atoms with E-state index in [9.17, 15) is 9.90 Å². The van der Waals surface area contributed by atoms with Gasteiger partial charge in [-0.1, -0.05) is 19.4 Å². The van der Waals surface area contributed by atoms with Gasteiger partial charge >= 0.3 is 5.97 Å². The van der Waals surface area contributed by atoms with Gasteiger partial charge < -0.3 is 9.84 Å². The summed E-state index contributed by atoms with van der Waals surface area (Å²) in [6.45, 7) is 7.28. The number of rotatable bonds is 6. The lowest BCUT2D eigenvalue weighted by Gasteiger charge is -2.19. The van der Waals surface area contributed by atoms with Gasteiger partial charge in [0.15, 0.2) is 5.60 Å². The molecular formula is C10H18O3. The Hall–Kier alpha value is -0.830. The van der Waals surface area contributed by atoms with E-state index in [0.29, 0.717) is 6.61 Å². The van der Waals surface area contributed by atoms with Gasteiger partial charge in [-0.2, -0.15) is 0 Å². The van der Waals surface area contributed by atoms with Gasteiger partial charge in [-0.25, -0.2) is 4.79 Å². The number of carbonyl (C=O) groups is 1. The first-order valence-electron chi connectivity index (χ1n) is 4.55. The lowest BCUT2D eigenvalue weighted by atomic mass is 10.0. The van der Waals surface area contributed by atoms with Crippen LogP contribution in [0.25, 0.3) is 0 Å². The molecule has 13 heavy (non-hydrogen) atoms. The number of aliphatic hydroxyl groups is 1. The number of esters is 1. The Morgan fingerprint density at radius 2 is 2.31 bits per heavy atom. The second kappa shape index (κ2) is 5.75. The van der Waals surface area contributed by atoms with Crippen LogP contribution in [0.4, 0.5) is 0 Å². The smallest absolute Gasteiger partial charge is 0.338 e. The summed E-state index contributed by atoms with van der Waals surface area (Å²) in [6, 6.07) is 0. The maximum atomic E-state index is 11.2. The van der Waals surface area contributed by atoms with E-state index < -0.39 is 11.6 Å². The second-order valence-corrected chi connectivity index (χ2v) is 3.26. The highest BCUT2D eigenvalue weighted by Crippen LogP contribution is 2.12.